The zero-order valence-corrected chi connectivity index (χ0v) is 23.0. The molecule has 2 aliphatic rings. The van der Waals surface area contributed by atoms with Crippen LogP contribution >= 0.6 is 0 Å². The van der Waals surface area contributed by atoms with Gasteiger partial charge < -0.3 is 24.5 Å². The molecule has 2 N–H and O–H groups in total. The van der Waals surface area contributed by atoms with E-state index in [4.69, 9.17) is 13.9 Å². The molecular weight excluding hydrogens is 553 g/mol. The molecule has 3 aromatic rings. The number of hydrogen-bond acceptors (Lipinski definition) is 7. The van der Waals surface area contributed by atoms with Crippen LogP contribution < -0.4 is 25.0 Å². The summed E-state index contributed by atoms with van der Waals surface area (Å²) in [4.78, 5) is 41.3. The van der Waals surface area contributed by atoms with Crippen molar-refractivity contribution in [2.75, 3.05) is 28.5 Å². The van der Waals surface area contributed by atoms with Crippen molar-refractivity contribution in [3.63, 3.8) is 0 Å². The fraction of sp³-hybridized carbons (Fsp3) is 0.345. The predicted molar refractivity (Wildman–Crippen MR) is 149 cm³/mol. The molecule has 0 saturated heterocycles. The number of hydrogen-bond donors (Lipinski definition) is 2. The zero-order chi connectivity index (χ0) is 28.8. The van der Waals surface area contributed by atoms with Crippen LogP contribution in [0.3, 0.4) is 0 Å². The fourth-order valence-corrected chi connectivity index (χ4v) is 5.84. The van der Waals surface area contributed by atoms with Crippen molar-refractivity contribution in [3.8, 4) is 11.5 Å². The van der Waals surface area contributed by atoms with E-state index in [2.05, 4.69) is 10.6 Å². The van der Waals surface area contributed by atoms with Gasteiger partial charge in [-0.2, -0.15) is 0 Å². The van der Waals surface area contributed by atoms with Gasteiger partial charge in [0, 0.05) is 34.3 Å². The van der Waals surface area contributed by atoms with Crippen molar-refractivity contribution >= 4 is 39.9 Å². The average Bonchev–Trinajstić information content (AvgIpc) is 3.65. The lowest BCUT2D eigenvalue weighted by molar-refractivity contribution is -0.127. The van der Waals surface area contributed by atoms with Gasteiger partial charge in [0.2, 0.25) is 18.6 Å². The van der Waals surface area contributed by atoms with Gasteiger partial charge in [0.25, 0.3) is 5.91 Å². The van der Waals surface area contributed by atoms with E-state index >= 15 is 0 Å². The molecule has 0 spiro atoms. The topological polar surface area (TPSA) is 127 Å². The molecule has 1 saturated carbocycles. The van der Waals surface area contributed by atoms with E-state index < -0.39 is 51.9 Å². The molecule has 1 aliphatic carbocycles. The molecule has 41 heavy (non-hydrogen) atoms. The van der Waals surface area contributed by atoms with Crippen molar-refractivity contribution in [2.24, 2.45) is 0 Å². The highest BCUT2D eigenvalue weighted by molar-refractivity contribution is 7.86. The molecule has 3 amide bonds. The van der Waals surface area contributed by atoms with Gasteiger partial charge in [-0.1, -0.05) is 19.3 Å². The molecule has 10 nitrogen and oxygen atoms in total. The Morgan fingerprint density at radius 3 is 2.46 bits per heavy atom. The normalized spacial score (nSPS) is 16.0. The Morgan fingerprint density at radius 1 is 0.976 bits per heavy atom. The van der Waals surface area contributed by atoms with Gasteiger partial charge in [-0.15, -0.1) is 0 Å². The molecule has 1 aromatic heterocycles. The lowest BCUT2D eigenvalue weighted by Crippen LogP contribution is -2.48. The van der Waals surface area contributed by atoms with Crippen molar-refractivity contribution in [3.05, 3.63) is 72.4 Å². The van der Waals surface area contributed by atoms with Gasteiger partial charge in [-0.3, -0.25) is 23.5 Å². The summed E-state index contributed by atoms with van der Waals surface area (Å²) >= 11 is 0. The van der Waals surface area contributed by atoms with Crippen molar-refractivity contribution in [1.82, 2.24) is 5.32 Å². The van der Waals surface area contributed by atoms with Crippen molar-refractivity contribution in [1.29, 1.82) is 0 Å². The van der Waals surface area contributed by atoms with Gasteiger partial charge in [0.05, 0.1) is 6.26 Å². The monoisotopic (exact) mass is 583 g/mol. The number of anilines is 2. The maximum Gasteiger partial charge on any atom is 0.251 e. The van der Waals surface area contributed by atoms with Crippen molar-refractivity contribution < 1.29 is 36.9 Å². The van der Waals surface area contributed by atoms with Crippen LogP contribution in [0.2, 0.25) is 0 Å². The summed E-state index contributed by atoms with van der Waals surface area (Å²) in [6, 6.07) is 11.9. The number of rotatable bonds is 10. The summed E-state index contributed by atoms with van der Waals surface area (Å²) in [7, 11) is -1.93. The van der Waals surface area contributed by atoms with E-state index in [-0.39, 0.29) is 18.6 Å². The number of nitrogens with zero attached hydrogens (tertiary/aromatic N) is 1. The molecule has 2 aromatic carbocycles. The summed E-state index contributed by atoms with van der Waals surface area (Å²) < 4.78 is 42.7. The Hall–Kier alpha value is -4.19. The van der Waals surface area contributed by atoms with Gasteiger partial charge in [-0.05, 0) is 61.4 Å². The van der Waals surface area contributed by atoms with Crippen LogP contribution in [0, 0.1) is 5.82 Å². The lowest BCUT2D eigenvalue weighted by atomic mass is 9.95. The van der Waals surface area contributed by atoms with Gasteiger partial charge in [-0.25, -0.2) is 4.39 Å². The standard InChI is InChI=1S/C29H30FN3O7S/c30-19-8-10-21(11-9-19)31-26(34)16-41(37)17-27(35)33(22-12-13-23-25(15-22)40-18-39-23)28(24-7-4-14-38-24)29(36)32-20-5-2-1-3-6-20/h4,7-15,20,28H,1-3,5-6,16-18H2,(H,31,34)(H,32,36). The number of carbonyl (C=O) groups excluding carboxylic acids is 3. The lowest BCUT2D eigenvalue weighted by Gasteiger charge is -2.32. The number of amides is 3. The first-order valence-corrected chi connectivity index (χ1v) is 14.8. The first kappa shape index (κ1) is 28.3. The van der Waals surface area contributed by atoms with E-state index in [1.54, 1.807) is 30.3 Å². The molecule has 1 fully saturated rings. The number of furan rings is 1. The van der Waals surface area contributed by atoms with Gasteiger partial charge >= 0.3 is 0 Å². The third-order valence-electron chi connectivity index (χ3n) is 6.88. The SMILES string of the molecule is O=C(CS(=O)CC(=O)N(c1ccc2c(c1)OCO2)C(C(=O)NC1CCCCC1)c1ccco1)Nc1ccc(F)cc1. The first-order chi connectivity index (χ1) is 19.9. The largest absolute Gasteiger partial charge is 0.467 e. The van der Waals surface area contributed by atoms with Crippen LogP contribution in [0.5, 0.6) is 11.5 Å². The molecule has 12 heteroatoms. The maximum absolute atomic E-state index is 13.8. The highest BCUT2D eigenvalue weighted by Gasteiger charge is 2.37. The maximum atomic E-state index is 13.8. The summed E-state index contributed by atoms with van der Waals surface area (Å²) in [5.41, 5.74) is 0.645. The molecule has 0 radical (unpaired) electrons. The molecule has 2 atom stereocenters. The molecule has 216 valence electrons. The molecular formula is C29H30FN3O7S. The number of carbonyl (C=O) groups is 3. The second-order valence-electron chi connectivity index (χ2n) is 9.85. The second kappa shape index (κ2) is 13.0. The van der Waals surface area contributed by atoms with Crippen LogP contribution in [0.15, 0.2) is 65.3 Å². The highest BCUT2D eigenvalue weighted by Crippen LogP contribution is 2.38. The third kappa shape index (κ3) is 7.12. The van der Waals surface area contributed by atoms with E-state index in [0.29, 0.717) is 22.9 Å². The number of ether oxygens (including phenoxy) is 2. The Morgan fingerprint density at radius 2 is 1.73 bits per heavy atom. The van der Waals surface area contributed by atoms with Crippen LogP contribution in [0.25, 0.3) is 0 Å². The Bertz CT molecular complexity index is 1410. The first-order valence-electron chi connectivity index (χ1n) is 13.3. The van der Waals surface area contributed by atoms with Crippen LogP contribution in [-0.2, 0) is 25.2 Å². The third-order valence-corrected chi connectivity index (χ3v) is 8.03. The molecule has 2 unspecified atom stereocenters. The van der Waals surface area contributed by atoms with Crippen LogP contribution in [0.1, 0.15) is 43.9 Å². The quantitative estimate of drug-likeness (QED) is 0.369. The summed E-state index contributed by atoms with van der Waals surface area (Å²) in [6.07, 6.45) is 6.19. The van der Waals surface area contributed by atoms with E-state index in [1.165, 1.54) is 35.4 Å². The average molecular weight is 584 g/mol. The molecule has 5 rings (SSSR count). The summed E-state index contributed by atoms with van der Waals surface area (Å²) in [6.45, 7) is 0.0176. The minimum Gasteiger partial charge on any atom is -0.467 e. The Labute approximate surface area is 238 Å². The van der Waals surface area contributed by atoms with Crippen LogP contribution in [-0.4, -0.2) is 46.3 Å². The van der Waals surface area contributed by atoms with Gasteiger partial charge in [0.15, 0.2) is 17.5 Å². The van der Waals surface area contributed by atoms with E-state index in [0.717, 1.165) is 32.1 Å². The minimum absolute atomic E-state index is 0.0176. The number of nitrogens with one attached hydrogen (secondary N) is 2. The Kier molecular flexibility index (Phi) is 8.98. The Balaban J connectivity index is 1.39. The highest BCUT2D eigenvalue weighted by atomic mass is 32.2. The zero-order valence-electron chi connectivity index (χ0n) is 22.2. The smallest absolute Gasteiger partial charge is 0.251 e. The van der Waals surface area contributed by atoms with Crippen molar-refractivity contribution in [2.45, 2.75) is 44.2 Å². The number of fused-ring (bicyclic) bond motifs is 1. The number of benzene rings is 2. The summed E-state index contributed by atoms with van der Waals surface area (Å²) in [5, 5.41) is 5.60. The molecule has 1 aliphatic heterocycles. The van der Waals surface area contributed by atoms with Gasteiger partial charge in [0.1, 0.15) is 23.1 Å². The minimum atomic E-state index is -1.93. The molecule has 2 heterocycles. The fourth-order valence-electron chi connectivity index (χ4n) is 4.95. The predicted octanol–water partition coefficient (Wildman–Crippen LogP) is 4.06. The van der Waals surface area contributed by atoms with E-state index in [1.807, 2.05) is 0 Å². The summed E-state index contributed by atoms with van der Waals surface area (Å²) in [5.74, 6) is -2.06. The number of halogens is 1. The molecule has 0 bridgehead atoms. The van der Waals surface area contributed by atoms with Crippen LogP contribution in [0.4, 0.5) is 15.8 Å². The second-order valence-corrected chi connectivity index (χ2v) is 11.3. The van der Waals surface area contributed by atoms with E-state index in [9.17, 15) is 23.0 Å².